The van der Waals surface area contributed by atoms with Crippen molar-refractivity contribution >= 4 is 35.8 Å². The lowest BCUT2D eigenvalue weighted by Crippen LogP contribution is -2.51. The summed E-state index contributed by atoms with van der Waals surface area (Å²) in [5, 5.41) is 2.89. The summed E-state index contributed by atoms with van der Waals surface area (Å²) in [6.07, 6.45) is 3.41. The summed E-state index contributed by atoms with van der Waals surface area (Å²) in [7, 11) is 0. The van der Waals surface area contributed by atoms with Crippen LogP contribution in [0.3, 0.4) is 0 Å². The molecule has 0 spiro atoms. The highest BCUT2D eigenvalue weighted by Gasteiger charge is 2.39. The van der Waals surface area contributed by atoms with E-state index in [0.717, 1.165) is 30.5 Å². The zero-order valence-corrected chi connectivity index (χ0v) is 17.7. The highest BCUT2D eigenvalue weighted by Crippen LogP contribution is 2.28. The highest BCUT2D eigenvalue weighted by molar-refractivity contribution is 6.00. The molecule has 160 valence electrons. The van der Waals surface area contributed by atoms with Crippen molar-refractivity contribution in [3.05, 3.63) is 29.8 Å². The monoisotopic (exact) mass is 422 g/mol. The lowest BCUT2D eigenvalue weighted by molar-refractivity contribution is -0.139. The molecular weight excluding hydrogens is 392 g/mol. The van der Waals surface area contributed by atoms with E-state index in [0.29, 0.717) is 32.6 Å². The maximum absolute atomic E-state index is 13.2. The van der Waals surface area contributed by atoms with Crippen LogP contribution in [0.25, 0.3) is 0 Å². The minimum Gasteiger partial charge on any atom is -0.354 e. The topological polar surface area (TPSA) is 95.7 Å². The van der Waals surface area contributed by atoms with Crippen LogP contribution < -0.4 is 16.0 Å². The Kier molecular flexibility index (Phi) is 8.46. The highest BCUT2D eigenvalue weighted by atomic mass is 35.5. The van der Waals surface area contributed by atoms with Gasteiger partial charge in [-0.2, -0.15) is 0 Å². The number of hydrogen-bond donors (Lipinski definition) is 2. The molecule has 3 N–H and O–H groups in total. The van der Waals surface area contributed by atoms with E-state index in [1.807, 2.05) is 36.1 Å². The van der Waals surface area contributed by atoms with Gasteiger partial charge in [-0.3, -0.25) is 14.4 Å². The third-order valence-corrected chi connectivity index (χ3v) is 5.64. The molecule has 0 bridgehead atoms. The number of benzene rings is 1. The first-order chi connectivity index (χ1) is 13.5. The summed E-state index contributed by atoms with van der Waals surface area (Å²) in [4.78, 5) is 41.0. The van der Waals surface area contributed by atoms with E-state index >= 15 is 0 Å². The first-order valence-corrected chi connectivity index (χ1v) is 10.1. The van der Waals surface area contributed by atoms with Gasteiger partial charge in [-0.25, -0.2) is 0 Å². The molecule has 29 heavy (non-hydrogen) atoms. The van der Waals surface area contributed by atoms with Gasteiger partial charge in [-0.05, 0) is 38.3 Å². The summed E-state index contributed by atoms with van der Waals surface area (Å²) >= 11 is 0. The SMILES string of the molecule is Cc1ccc(N2CC(C(=O)N3CCCCC3CNC(=O)CCN)CC2=O)cc1.Cl. The maximum atomic E-state index is 13.2. The Morgan fingerprint density at radius 1 is 1.21 bits per heavy atom. The third kappa shape index (κ3) is 5.70. The Morgan fingerprint density at radius 3 is 2.62 bits per heavy atom. The van der Waals surface area contributed by atoms with Gasteiger partial charge < -0.3 is 20.9 Å². The largest absolute Gasteiger partial charge is 0.354 e. The fourth-order valence-corrected chi connectivity index (χ4v) is 4.04. The summed E-state index contributed by atoms with van der Waals surface area (Å²) in [6, 6.07) is 7.80. The van der Waals surface area contributed by atoms with Gasteiger partial charge in [0.2, 0.25) is 17.7 Å². The Labute approximate surface area is 178 Å². The molecule has 2 unspecified atom stereocenters. The molecule has 2 fully saturated rings. The second-order valence-electron chi connectivity index (χ2n) is 7.76. The zero-order chi connectivity index (χ0) is 20.1. The van der Waals surface area contributed by atoms with E-state index in [9.17, 15) is 14.4 Å². The molecule has 7 nitrogen and oxygen atoms in total. The quantitative estimate of drug-likeness (QED) is 0.728. The lowest BCUT2D eigenvalue weighted by Gasteiger charge is -2.37. The van der Waals surface area contributed by atoms with Crippen LogP contribution in [0.2, 0.25) is 0 Å². The van der Waals surface area contributed by atoms with E-state index in [4.69, 9.17) is 5.73 Å². The third-order valence-electron chi connectivity index (χ3n) is 5.64. The van der Waals surface area contributed by atoms with Crippen LogP contribution in [-0.2, 0) is 14.4 Å². The predicted octanol–water partition coefficient (Wildman–Crippen LogP) is 1.62. The molecule has 1 aromatic rings. The second-order valence-corrected chi connectivity index (χ2v) is 7.76. The fourth-order valence-electron chi connectivity index (χ4n) is 4.04. The van der Waals surface area contributed by atoms with Gasteiger partial charge in [0.05, 0.1) is 5.92 Å². The van der Waals surface area contributed by atoms with Crippen molar-refractivity contribution in [2.24, 2.45) is 11.7 Å². The van der Waals surface area contributed by atoms with Crippen LogP contribution >= 0.6 is 12.4 Å². The van der Waals surface area contributed by atoms with Crippen molar-refractivity contribution in [3.63, 3.8) is 0 Å². The van der Waals surface area contributed by atoms with Crippen molar-refractivity contribution in [1.29, 1.82) is 0 Å². The van der Waals surface area contributed by atoms with Crippen LogP contribution in [0.4, 0.5) is 5.69 Å². The van der Waals surface area contributed by atoms with Gasteiger partial charge in [-0.15, -0.1) is 12.4 Å². The standard InChI is InChI=1S/C21H30N4O3.ClH/c1-15-5-7-17(8-6-15)25-14-16(12-20(25)27)21(28)24-11-3-2-4-18(24)13-23-19(26)9-10-22;/h5-8,16,18H,2-4,9-14,22H2,1H3,(H,23,26);1H. The van der Waals surface area contributed by atoms with E-state index in [2.05, 4.69) is 5.32 Å². The van der Waals surface area contributed by atoms with Crippen LogP contribution in [0, 0.1) is 12.8 Å². The maximum Gasteiger partial charge on any atom is 0.228 e. The Hall–Kier alpha value is -2.12. The minimum absolute atomic E-state index is 0. The van der Waals surface area contributed by atoms with E-state index in [1.165, 1.54) is 0 Å². The number of aryl methyl sites for hydroxylation is 1. The molecule has 2 atom stereocenters. The van der Waals surface area contributed by atoms with E-state index in [1.54, 1.807) is 4.90 Å². The first-order valence-electron chi connectivity index (χ1n) is 10.1. The number of nitrogens with one attached hydrogen (secondary N) is 1. The Balaban J connectivity index is 0.00000300. The van der Waals surface area contributed by atoms with Crippen molar-refractivity contribution in [2.45, 2.75) is 45.1 Å². The molecule has 2 aliphatic rings. The number of carbonyl (C=O) groups is 3. The van der Waals surface area contributed by atoms with Gasteiger partial charge in [0.15, 0.2) is 0 Å². The zero-order valence-electron chi connectivity index (χ0n) is 16.9. The number of anilines is 1. The summed E-state index contributed by atoms with van der Waals surface area (Å²) in [6.45, 7) is 3.88. The molecule has 1 aromatic carbocycles. The number of amides is 3. The molecule has 8 heteroatoms. The number of nitrogens with two attached hydrogens (primary N) is 1. The molecule has 0 aliphatic carbocycles. The molecule has 0 radical (unpaired) electrons. The van der Waals surface area contributed by atoms with Crippen molar-refractivity contribution in [1.82, 2.24) is 10.2 Å². The molecule has 0 saturated carbocycles. The average Bonchev–Trinajstić information content (AvgIpc) is 3.08. The molecular formula is C21H31ClN4O3. The lowest BCUT2D eigenvalue weighted by atomic mass is 9.98. The number of piperidine rings is 1. The van der Waals surface area contributed by atoms with Crippen molar-refractivity contribution in [2.75, 3.05) is 31.1 Å². The van der Waals surface area contributed by atoms with E-state index < -0.39 is 0 Å². The van der Waals surface area contributed by atoms with E-state index in [-0.39, 0.29) is 48.5 Å². The van der Waals surface area contributed by atoms with Crippen LogP contribution in [0.15, 0.2) is 24.3 Å². The van der Waals surface area contributed by atoms with Gasteiger partial charge in [0.1, 0.15) is 0 Å². The van der Waals surface area contributed by atoms with Crippen LogP contribution in [0.5, 0.6) is 0 Å². The number of carbonyl (C=O) groups excluding carboxylic acids is 3. The number of likely N-dealkylation sites (tertiary alicyclic amines) is 1. The van der Waals surface area contributed by atoms with Crippen molar-refractivity contribution in [3.8, 4) is 0 Å². The van der Waals surface area contributed by atoms with Gasteiger partial charge in [0.25, 0.3) is 0 Å². The van der Waals surface area contributed by atoms with Crippen molar-refractivity contribution < 1.29 is 14.4 Å². The second kappa shape index (κ2) is 10.6. The smallest absolute Gasteiger partial charge is 0.228 e. The van der Waals surface area contributed by atoms with Gasteiger partial charge in [-0.1, -0.05) is 17.7 Å². The Bertz CT molecular complexity index is 725. The molecule has 2 aliphatic heterocycles. The summed E-state index contributed by atoms with van der Waals surface area (Å²) in [5.41, 5.74) is 7.39. The number of hydrogen-bond acceptors (Lipinski definition) is 4. The molecule has 3 amide bonds. The van der Waals surface area contributed by atoms with Gasteiger partial charge >= 0.3 is 0 Å². The fraction of sp³-hybridized carbons (Fsp3) is 0.571. The van der Waals surface area contributed by atoms with Crippen LogP contribution in [0.1, 0.15) is 37.7 Å². The summed E-state index contributed by atoms with van der Waals surface area (Å²) in [5.74, 6) is -0.385. The number of nitrogens with zero attached hydrogens (tertiary/aromatic N) is 2. The Morgan fingerprint density at radius 2 is 1.93 bits per heavy atom. The number of halogens is 1. The predicted molar refractivity (Wildman–Crippen MR) is 115 cm³/mol. The molecule has 2 saturated heterocycles. The van der Waals surface area contributed by atoms with Crippen LogP contribution in [-0.4, -0.2) is 54.8 Å². The number of rotatable bonds is 6. The minimum atomic E-state index is -0.325. The normalized spacial score (nSPS) is 21.7. The summed E-state index contributed by atoms with van der Waals surface area (Å²) < 4.78 is 0. The molecule has 3 rings (SSSR count). The first kappa shape index (κ1) is 23.2. The van der Waals surface area contributed by atoms with Gasteiger partial charge in [0, 0.05) is 50.7 Å². The molecule has 0 aromatic heterocycles. The average molecular weight is 423 g/mol. The molecule has 2 heterocycles.